The third-order valence-corrected chi connectivity index (χ3v) is 3.93. The van der Waals surface area contributed by atoms with E-state index in [0.717, 1.165) is 16.9 Å². The van der Waals surface area contributed by atoms with E-state index in [1.165, 1.54) is 0 Å². The van der Waals surface area contributed by atoms with Gasteiger partial charge in [-0.05, 0) is 35.4 Å². The van der Waals surface area contributed by atoms with Crippen LogP contribution in [0.3, 0.4) is 0 Å². The molecule has 0 aliphatic heterocycles. The van der Waals surface area contributed by atoms with Crippen LogP contribution in [0.5, 0.6) is 5.75 Å². The molecule has 2 amide bonds. The summed E-state index contributed by atoms with van der Waals surface area (Å²) in [6.45, 7) is 0.828. The van der Waals surface area contributed by atoms with Crippen molar-refractivity contribution in [2.45, 2.75) is 13.1 Å². The van der Waals surface area contributed by atoms with Crippen LogP contribution >= 0.6 is 23.2 Å². The summed E-state index contributed by atoms with van der Waals surface area (Å²) in [5, 5.41) is 3.94. The number of carbonyl (C=O) groups excluding carboxylic acids is 1. The number of amides is 2. The largest absolute Gasteiger partial charge is 0.497 e. The van der Waals surface area contributed by atoms with Crippen LogP contribution in [0, 0.1) is 0 Å². The molecule has 0 aromatic heterocycles. The molecule has 0 fully saturated rings. The summed E-state index contributed by atoms with van der Waals surface area (Å²) in [6.07, 6.45) is 0. The van der Waals surface area contributed by atoms with Crippen molar-refractivity contribution in [3.05, 3.63) is 63.6 Å². The van der Waals surface area contributed by atoms with Crippen LogP contribution < -0.4 is 10.1 Å². The molecule has 2 aromatic carbocycles. The SMILES string of the molecule is COc1cccc(CN(C)C(=O)NCc2ccc(Cl)cc2Cl)c1. The van der Waals surface area contributed by atoms with Gasteiger partial charge in [0.25, 0.3) is 0 Å². The van der Waals surface area contributed by atoms with E-state index in [4.69, 9.17) is 27.9 Å². The van der Waals surface area contributed by atoms with Crippen LogP contribution in [0.1, 0.15) is 11.1 Å². The zero-order chi connectivity index (χ0) is 16.8. The fourth-order valence-corrected chi connectivity index (χ4v) is 2.56. The van der Waals surface area contributed by atoms with Crippen LogP contribution in [0.15, 0.2) is 42.5 Å². The molecule has 0 radical (unpaired) electrons. The molecule has 0 spiro atoms. The second-order valence-electron chi connectivity index (χ2n) is 5.10. The van der Waals surface area contributed by atoms with Crippen molar-refractivity contribution in [2.75, 3.05) is 14.2 Å². The predicted molar refractivity (Wildman–Crippen MR) is 93.2 cm³/mol. The summed E-state index contributed by atoms with van der Waals surface area (Å²) >= 11 is 11.9. The van der Waals surface area contributed by atoms with Crippen molar-refractivity contribution in [3.8, 4) is 5.75 Å². The highest BCUT2D eigenvalue weighted by atomic mass is 35.5. The van der Waals surface area contributed by atoms with Gasteiger partial charge in [0.05, 0.1) is 7.11 Å². The molecule has 6 heteroatoms. The molecule has 0 bridgehead atoms. The van der Waals surface area contributed by atoms with Crippen molar-refractivity contribution in [3.63, 3.8) is 0 Å². The van der Waals surface area contributed by atoms with Gasteiger partial charge in [-0.2, -0.15) is 0 Å². The first kappa shape index (κ1) is 17.4. The molecule has 0 aliphatic carbocycles. The third-order valence-electron chi connectivity index (χ3n) is 3.35. The number of halogens is 2. The number of benzene rings is 2. The minimum Gasteiger partial charge on any atom is -0.497 e. The van der Waals surface area contributed by atoms with Crippen LogP contribution in [0.2, 0.25) is 10.0 Å². The molecule has 4 nitrogen and oxygen atoms in total. The van der Waals surface area contributed by atoms with Gasteiger partial charge in [0.1, 0.15) is 5.75 Å². The summed E-state index contributed by atoms with van der Waals surface area (Å²) < 4.78 is 5.18. The van der Waals surface area contributed by atoms with E-state index < -0.39 is 0 Å². The molecule has 0 saturated carbocycles. The Balaban J connectivity index is 1.91. The first-order chi connectivity index (χ1) is 11.0. The summed E-state index contributed by atoms with van der Waals surface area (Å²) in [5.74, 6) is 0.768. The molecule has 0 aliphatic rings. The van der Waals surface area contributed by atoms with Gasteiger partial charge in [0.2, 0.25) is 0 Å². The fourth-order valence-electron chi connectivity index (χ4n) is 2.09. The molecule has 0 saturated heterocycles. The van der Waals surface area contributed by atoms with E-state index in [2.05, 4.69) is 5.32 Å². The first-order valence-electron chi connectivity index (χ1n) is 7.05. The minimum absolute atomic E-state index is 0.182. The number of hydrogen-bond donors (Lipinski definition) is 1. The fraction of sp³-hybridized carbons (Fsp3) is 0.235. The van der Waals surface area contributed by atoms with Gasteiger partial charge in [-0.1, -0.05) is 41.4 Å². The lowest BCUT2D eigenvalue weighted by molar-refractivity contribution is 0.206. The Morgan fingerprint density at radius 3 is 2.70 bits per heavy atom. The second-order valence-corrected chi connectivity index (χ2v) is 5.95. The molecular formula is C17H18Cl2N2O2. The maximum Gasteiger partial charge on any atom is 0.317 e. The van der Waals surface area contributed by atoms with Crippen molar-refractivity contribution >= 4 is 29.2 Å². The van der Waals surface area contributed by atoms with Gasteiger partial charge >= 0.3 is 6.03 Å². The number of rotatable bonds is 5. The normalized spacial score (nSPS) is 10.3. The average Bonchev–Trinajstić information content (AvgIpc) is 2.54. The molecule has 23 heavy (non-hydrogen) atoms. The van der Waals surface area contributed by atoms with E-state index in [1.54, 1.807) is 37.3 Å². The van der Waals surface area contributed by atoms with E-state index in [-0.39, 0.29) is 6.03 Å². The lowest BCUT2D eigenvalue weighted by Gasteiger charge is -2.18. The van der Waals surface area contributed by atoms with E-state index in [9.17, 15) is 4.79 Å². The third kappa shape index (κ3) is 5.05. The van der Waals surface area contributed by atoms with Crippen LogP contribution in [0.4, 0.5) is 4.79 Å². The predicted octanol–water partition coefficient (Wildman–Crippen LogP) is 4.34. The number of methoxy groups -OCH3 is 1. The van der Waals surface area contributed by atoms with Crippen molar-refractivity contribution < 1.29 is 9.53 Å². The number of carbonyl (C=O) groups is 1. The summed E-state index contributed by atoms with van der Waals surface area (Å²) in [7, 11) is 3.35. The van der Waals surface area contributed by atoms with E-state index >= 15 is 0 Å². The Morgan fingerprint density at radius 2 is 2.00 bits per heavy atom. The Hall–Kier alpha value is -1.91. The van der Waals surface area contributed by atoms with Crippen molar-refractivity contribution in [2.24, 2.45) is 0 Å². The Bertz CT molecular complexity index is 692. The molecule has 0 atom stereocenters. The maximum atomic E-state index is 12.2. The summed E-state index contributed by atoms with van der Waals surface area (Å²) in [5.41, 5.74) is 1.81. The van der Waals surface area contributed by atoms with Crippen molar-refractivity contribution in [1.29, 1.82) is 0 Å². The monoisotopic (exact) mass is 352 g/mol. The highest BCUT2D eigenvalue weighted by Crippen LogP contribution is 2.20. The molecule has 2 rings (SSSR count). The second kappa shape index (κ2) is 8.09. The van der Waals surface area contributed by atoms with Crippen LogP contribution in [-0.4, -0.2) is 25.1 Å². The minimum atomic E-state index is -0.182. The maximum absolute atomic E-state index is 12.2. The summed E-state index contributed by atoms with van der Waals surface area (Å²) in [6, 6.07) is 12.6. The Labute approximate surface area is 146 Å². The van der Waals surface area contributed by atoms with Gasteiger partial charge in [-0.25, -0.2) is 4.79 Å². The topological polar surface area (TPSA) is 41.6 Å². The number of urea groups is 1. The summed E-state index contributed by atoms with van der Waals surface area (Å²) in [4.78, 5) is 13.8. The molecule has 2 aromatic rings. The van der Waals surface area contributed by atoms with Gasteiger partial charge in [0, 0.05) is 30.2 Å². The Kier molecular flexibility index (Phi) is 6.13. The van der Waals surface area contributed by atoms with Crippen LogP contribution in [-0.2, 0) is 13.1 Å². The van der Waals surface area contributed by atoms with Crippen molar-refractivity contribution in [1.82, 2.24) is 10.2 Å². The smallest absolute Gasteiger partial charge is 0.317 e. The highest BCUT2D eigenvalue weighted by Gasteiger charge is 2.10. The quantitative estimate of drug-likeness (QED) is 0.869. The zero-order valence-electron chi connectivity index (χ0n) is 13.0. The molecule has 0 unspecified atom stereocenters. The Morgan fingerprint density at radius 1 is 1.22 bits per heavy atom. The standard InChI is InChI=1S/C17H18Cl2N2O2/c1-21(11-12-4-3-5-15(8-12)23-2)17(22)20-10-13-6-7-14(18)9-16(13)19/h3-9H,10-11H2,1-2H3,(H,20,22). The lowest BCUT2D eigenvalue weighted by Crippen LogP contribution is -2.36. The van der Waals surface area contributed by atoms with E-state index in [1.807, 2.05) is 24.3 Å². The number of nitrogens with zero attached hydrogens (tertiary/aromatic N) is 1. The number of hydrogen-bond acceptors (Lipinski definition) is 2. The highest BCUT2D eigenvalue weighted by molar-refractivity contribution is 6.35. The van der Waals surface area contributed by atoms with Gasteiger partial charge in [-0.3, -0.25) is 0 Å². The zero-order valence-corrected chi connectivity index (χ0v) is 14.5. The van der Waals surface area contributed by atoms with Gasteiger partial charge < -0.3 is 15.0 Å². The van der Waals surface area contributed by atoms with E-state index in [0.29, 0.717) is 23.1 Å². The first-order valence-corrected chi connectivity index (χ1v) is 7.81. The molecular weight excluding hydrogens is 335 g/mol. The lowest BCUT2D eigenvalue weighted by atomic mass is 10.2. The molecule has 1 N–H and O–H groups in total. The van der Waals surface area contributed by atoms with Gasteiger partial charge in [-0.15, -0.1) is 0 Å². The molecule has 122 valence electrons. The van der Waals surface area contributed by atoms with Crippen LogP contribution in [0.25, 0.3) is 0 Å². The van der Waals surface area contributed by atoms with Gasteiger partial charge in [0.15, 0.2) is 0 Å². The number of nitrogens with one attached hydrogen (secondary N) is 1. The number of ether oxygens (including phenoxy) is 1. The molecule has 0 heterocycles. The average molecular weight is 353 g/mol.